The molecule has 4 heterocycles. The Kier molecular flexibility index (Phi) is 6.00. The molecule has 6 nitrogen and oxygen atoms in total. The smallest absolute Gasteiger partial charge is 0.256 e. The van der Waals surface area contributed by atoms with Crippen LogP contribution in [0.15, 0.2) is 58.7 Å². The summed E-state index contributed by atoms with van der Waals surface area (Å²) >= 11 is 1.54. The summed E-state index contributed by atoms with van der Waals surface area (Å²) in [5, 5.41) is 0. The largest absolute Gasteiger partial charge is 0.443 e. The Hall–Kier alpha value is -3.39. The van der Waals surface area contributed by atoms with E-state index < -0.39 is 0 Å². The molecule has 1 unspecified atom stereocenters. The lowest BCUT2D eigenvalue weighted by Crippen LogP contribution is -2.38. The average molecular weight is 463 g/mol. The molecule has 5 rings (SSSR count). The molecule has 1 aliphatic heterocycles. The van der Waals surface area contributed by atoms with Crippen LogP contribution in [0, 0.1) is 12.7 Å². The second-order valence-corrected chi connectivity index (χ2v) is 9.03. The molecule has 8 heteroatoms. The number of aromatic nitrogens is 3. The van der Waals surface area contributed by atoms with Gasteiger partial charge in [-0.15, -0.1) is 11.3 Å². The first-order chi connectivity index (χ1) is 16.1. The molecule has 0 aliphatic carbocycles. The molecule has 0 bridgehead atoms. The predicted octanol–water partition coefficient (Wildman–Crippen LogP) is 5.60. The van der Waals surface area contributed by atoms with Gasteiger partial charge in [-0.3, -0.25) is 9.78 Å². The van der Waals surface area contributed by atoms with E-state index in [0.717, 1.165) is 41.1 Å². The van der Waals surface area contributed by atoms with Crippen LogP contribution in [0.4, 0.5) is 4.39 Å². The number of thiazole rings is 1. The molecule has 0 spiro atoms. The summed E-state index contributed by atoms with van der Waals surface area (Å²) < 4.78 is 19.2. The zero-order chi connectivity index (χ0) is 22.8. The fourth-order valence-corrected chi connectivity index (χ4v) is 4.94. The van der Waals surface area contributed by atoms with E-state index in [2.05, 4.69) is 15.0 Å². The number of amides is 1. The number of benzene rings is 1. The first-order valence-electron chi connectivity index (χ1n) is 10.9. The van der Waals surface area contributed by atoms with Crippen molar-refractivity contribution in [3.8, 4) is 10.6 Å². The Bertz CT molecular complexity index is 1250. The normalized spacial score (nSPS) is 16.2. The molecule has 0 N–H and O–H groups in total. The Balaban J connectivity index is 1.33. The van der Waals surface area contributed by atoms with Crippen LogP contribution in [0.3, 0.4) is 0 Å². The van der Waals surface area contributed by atoms with Gasteiger partial charge in [-0.2, -0.15) is 0 Å². The molecule has 4 aromatic rings. The predicted molar refractivity (Wildman–Crippen MR) is 123 cm³/mol. The monoisotopic (exact) mass is 462 g/mol. The average Bonchev–Trinajstić information content (AvgIpc) is 3.49. The van der Waals surface area contributed by atoms with Crippen LogP contribution in [-0.4, -0.2) is 32.3 Å². The van der Waals surface area contributed by atoms with Crippen molar-refractivity contribution >= 4 is 17.2 Å². The van der Waals surface area contributed by atoms with Crippen LogP contribution in [-0.2, 0) is 6.42 Å². The summed E-state index contributed by atoms with van der Waals surface area (Å²) in [6.07, 6.45) is 6.61. The minimum absolute atomic E-state index is 0.0712. The number of rotatable bonds is 5. The van der Waals surface area contributed by atoms with Crippen LogP contribution in [0.2, 0.25) is 0 Å². The Morgan fingerprint density at radius 3 is 2.70 bits per heavy atom. The molecular weight excluding hydrogens is 439 g/mol. The van der Waals surface area contributed by atoms with Crippen molar-refractivity contribution < 1.29 is 13.6 Å². The highest BCUT2D eigenvalue weighted by molar-refractivity contribution is 7.13. The van der Waals surface area contributed by atoms with Crippen LogP contribution < -0.4 is 0 Å². The van der Waals surface area contributed by atoms with Gasteiger partial charge in [0.2, 0.25) is 5.89 Å². The number of halogens is 1. The topological polar surface area (TPSA) is 72.1 Å². The van der Waals surface area contributed by atoms with Crippen molar-refractivity contribution in [2.24, 2.45) is 0 Å². The number of pyridine rings is 1. The van der Waals surface area contributed by atoms with Gasteiger partial charge in [-0.05, 0) is 56.0 Å². The lowest BCUT2D eigenvalue weighted by Gasteiger charge is -2.33. The molecule has 1 atom stereocenters. The van der Waals surface area contributed by atoms with E-state index in [9.17, 15) is 9.18 Å². The van der Waals surface area contributed by atoms with Crippen LogP contribution >= 0.6 is 11.3 Å². The van der Waals surface area contributed by atoms with E-state index in [1.54, 1.807) is 30.0 Å². The van der Waals surface area contributed by atoms with E-state index in [-0.39, 0.29) is 17.8 Å². The molecule has 33 heavy (non-hydrogen) atoms. The summed E-state index contributed by atoms with van der Waals surface area (Å²) in [7, 11) is 0. The first-order valence-corrected chi connectivity index (χ1v) is 11.8. The first kappa shape index (κ1) is 21.5. The van der Waals surface area contributed by atoms with Crippen molar-refractivity contribution in [3.63, 3.8) is 0 Å². The molecule has 1 aliphatic rings. The summed E-state index contributed by atoms with van der Waals surface area (Å²) in [5.41, 5.74) is 5.04. The number of aryl methyl sites for hydroxylation is 1. The van der Waals surface area contributed by atoms with Gasteiger partial charge in [0.15, 0.2) is 0 Å². The summed E-state index contributed by atoms with van der Waals surface area (Å²) in [4.78, 5) is 29.5. The lowest BCUT2D eigenvalue weighted by molar-refractivity contribution is 0.0569. The molecule has 1 amide bonds. The molecule has 168 valence electrons. The number of carbonyl (C=O) groups excluding carboxylic acids is 1. The third kappa shape index (κ3) is 4.57. The maximum absolute atomic E-state index is 13.3. The van der Waals surface area contributed by atoms with E-state index in [1.807, 2.05) is 24.0 Å². The maximum atomic E-state index is 13.3. The number of hydrogen-bond acceptors (Lipinski definition) is 6. The number of oxazole rings is 1. The molecule has 1 aromatic carbocycles. The lowest BCUT2D eigenvalue weighted by atomic mass is 10.0. The molecular formula is C25H23FN4O2S. The molecule has 0 radical (unpaired) electrons. The van der Waals surface area contributed by atoms with E-state index in [4.69, 9.17) is 4.42 Å². The van der Waals surface area contributed by atoms with Crippen LogP contribution in [0.1, 0.15) is 58.6 Å². The van der Waals surface area contributed by atoms with E-state index in [1.165, 1.54) is 23.5 Å². The van der Waals surface area contributed by atoms with Gasteiger partial charge in [0.1, 0.15) is 17.6 Å². The second-order valence-electron chi connectivity index (χ2n) is 8.18. The van der Waals surface area contributed by atoms with E-state index >= 15 is 0 Å². The molecule has 0 saturated carbocycles. The van der Waals surface area contributed by atoms with E-state index in [0.29, 0.717) is 30.2 Å². The molecule has 1 fully saturated rings. The molecule has 1 saturated heterocycles. The fraction of sp³-hybridized carbons (Fsp3) is 0.280. The number of piperidine rings is 1. The van der Waals surface area contributed by atoms with Gasteiger partial charge in [-0.1, -0.05) is 12.1 Å². The van der Waals surface area contributed by atoms with Crippen LogP contribution in [0.25, 0.3) is 10.6 Å². The highest BCUT2D eigenvalue weighted by Crippen LogP contribution is 2.33. The van der Waals surface area contributed by atoms with Crippen molar-refractivity contribution in [1.82, 2.24) is 19.9 Å². The quantitative estimate of drug-likeness (QED) is 0.386. The number of likely N-dealkylation sites (tertiary alicyclic amines) is 1. The van der Waals surface area contributed by atoms with Crippen molar-refractivity contribution in [1.29, 1.82) is 0 Å². The molecule has 3 aromatic heterocycles. The maximum Gasteiger partial charge on any atom is 0.256 e. The summed E-state index contributed by atoms with van der Waals surface area (Å²) in [6, 6.07) is 9.82. The van der Waals surface area contributed by atoms with Crippen molar-refractivity contribution in [2.75, 3.05) is 6.54 Å². The van der Waals surface area contributed by atoms with Gasteiger partial charge < -0.3 is 9.32 Å². The minimum Gasteiger partial charge on any atom is -0.443 e. The Morgan fingerprint density at radius 1 is 1.12 bits per heavy atom. The van der Waals surface area contributed by atoms with Crippen molar-refractivity contribution in [2.45, 2.75) is 38.6 Å². The highest BCUT2D eigenvalue weighted by Gasteiger charge is 2.32. The SMILES string of the molecule is Cc1ncsc1-c1ccc(C(=O)N2CCCCC2c2ncc(Cc3ccc(F)cc3)o2)cn1. The summed E-state index contributed by atoms with van der Waals surface area (Å²) in [6.45, 7) is 2.60. The third-order valence-electron chi connectivity index (χ3n) is 5.90. The highest BCUT2D eigenvalue weighted by atomic mass is 32.1. The summed E-state index contributed by atoms with van der Waals surface area (Å²) in [5.74, 6) is 0.904. The van der Waals surface area contributed by atoms with Gasteiger partial charge >= 0.3 is 0 Å². The van der Waals surface area contributed by atoms with Gasteiger partial charge in [0.05, 0.1) is 33.5 Å². The van der Waals surface area contributed by atoms with Crippen molar-refractivity contribution in [3.05, 3.63) is 88.6 Å². The second kappa shape index (κ2) is 9.23. The zero-order valence-corrected chi connectivity index (χ0v) is 19.0. The standard InChI is InChI=1S/C25H23FN4O2S/c1-16-23(33-15-29-16)21-10-7-18(13-27-21)25(31)30-11-3-2-4-22(30)24-28-14-20(32-24)12-17-5-8-19(26)9-6-17/h5-10,13-15,22H,2-4,11-12H2,1H3. The van der Waals surface area contributed by atoms with Gasteiger partial charge in [0, 0.05) is 19.2 Å². The number of nitrogens with zero attached hydrogens (tertiary/aromatic N) is 4. The van der Waals surface area contributed by atoms with Crippen LogP contribution in [0.5, 0.6) is 0 Å². The minimum atomic E-state index is -0.266. The van der Waals surface area contributed by atoms with Gasteiger partial charge in [0.25, 0.3) is 5.91 Å². The Morgan fingerprint density at radius 2 is 1.97 bits per heavy atom. The van der Waals surface area contributed by atoms with Gasteiger partial charge in [-0.25, -0.2) is 14.4 Å². The number of hydrogen-bond donors (Lipinski definition) is 0. The fourth-order valence-electron chi connectivity index (χ4n) is 4.16. The third-order valence-corrected chi connectivity index (χ3v) is 6.85. The zero-order valence-electron chi connectivity index (χ0n) is 18.2. The number of carbonyl (C=O) groups is 1. The Labute approximate surface area is 195 Å².